The highest BCUT2D eigenvalue weighted by Crippen LogP contribution is 2.25. The molecule has 0 aliphatic carbocycles. The van der Waals surface area contributed by atoms with Crippen molar-refractivity contribution in [3.63, 3.8) is 0 Å². The second-order valence-electron chi connectivity index (χ2n) is 2.44. The van der Waals surface area contributed by atoms with Gasteiger partial charge in [0.1, 0.15) is 0 Å². The second kappa shape index (κ2) is 3.98. The van der Waals surface area contributed by atoms with Gasteiger partial charge in [-0.1, -0.05) is 11.6 Å². The van der Waals surface area contributed by atoms with Gasteiger partial charge in [0, 0.05) is 14.0 Å². The van der Waals surface area contributed by atoms with E-state index in [1.165, 1.54) is 0 Å². The van der Waals surface area contributed by atoms with Crippen LogP contribution in [0.4, 0.5) is 13.2 Å². The normalized spacial score (nSPS) is 14.2. The molecule has 0 N–H and O–H groups in total. The van der Waals surface area contributed by atoms with Gasteiger partial charge in [0.05, 0.1) is 6.54 Å². The summed E-state index contributed by atoms with van der Waals surface area (Å²) in [5, 5.41) is 0. The highest BCUT2D eigenvalue weighted by Gasteiger charge is 2.40. The molecule has 0 fully saturated rings. The Hall–Kier alpha value is -0.450. The molecule has 0 aliphatic rings. The third kappa shape index (κ3) is 3.30. The van der Waals surface area contributed by atoms with E-state index in [2.05, 4.69) is 11.6 Å². The summed E-state index contributed by atoms with van der Waals surface area (Å²) in [6.45, 7) is 0.102. The lowest BCUT2D eigenvalue weighted by Gasteiger charge is -2.22. The van der Waals surface area contributed by atoms with Crippen LogP contribution in [0.5, 0.6) is 0 Å². The van der Waals surface area contributed by atoms with Crippen molar-refractivity contribution in [2.45, 2.75) is 18.5 Å². The van der Waals surface area contributed by atoms with Crippen LogP contribution in [0.1, 0.15) is 6.92 Å². The maximum absolute atomic E-state index is 12.5. The summed E-state index contributed by atoms with van der Waals surface area (Å²) in [5.74, 6) is -4.26. The summed E-state index contributed by atoms with van der Waals surface area (Å²) in [4.78, 5) is 11.2. The highest BCUT2D eigenvalue weighted by molar-refractivity contribution is 6.20. The van der Waals surface area contributed by atoms with E-state index in [4.69, 9.17) is 0 Å². The molecule has 1 amide bonds. The van der Waals surface area contributed by atoms with E-state index in [-0.39, 0.29) is 0 Å². The molecule has 72 valence electrons. The minimum absolute atomic E-state index is 0.563. The summed E-state index contributed by atoms with van der Waals surface area (Å²) in [6.07, 6.45) is 0. The predicted molar refractivity (Wildman–Crippen MR) is 39.0 cm³/mol. The molecule has 0 aromatic carbocycles. The Bertz CT molecular complexity index is 174. The van der Waals surface area contributed by atoms with E-state index in [1.807, 2.05) is 0 Å². The maximum atomic E-state index is 12.5. The van der Waals surface area contributed by atoms with E-state index in [1.54, 1.807) is 0 Å². The molecule has 0 aromatic heterocycles. The van der Waals surface area contributed by atoms with E-state index in [9.17, 15) is 18.0 Å². The molecule has 0 aliphatic heterocycles. The minimum atomic E-state index is -3.69. The zero-order chi connectivity index (χ0) is 9.94. The quantitative estimate of drug-likeness (QED) is 0.639. The molecule has 1 atom stereocenters. The zero-order valence-electron chi connectivity index (χ0n) is 6.65. The summed E-state index contributed by atoms with van der Waals surface area (Å²) in [5.41, 5.74) is -2.76. The van der Waals surface area contributed by atoms with Gasteiger partial charge in [-0.25, -0.2) is 4.39 Å². The summed E-state index contributed by atoms with van der Waals surface area (Å²) in [6, 6.07) is 0. The van der Waals surface area contributed by atoms with Gasteiger partial charge in [0.15, 0.2) is 0 Å². The van der Waals surface area contributed by atoms with Gasteiger partial charge in [0.2, 0.25) is 11.5 Å². The van der Waals surface area contributed by atoms with Gasteiger partial charge in [-0.2, -0.15) is 8.78 Å². The molecule has 0 saturated heterocycles. The van der Waals surface area contributed by atoms with Crippen LogP contribution < -0.4 is 0 Å². The molecule has 0 heterocycles. The fourth-order valence-corrected chi connectivity index (χ4v) is 0.566. The van der Waals surface area contributed by atoms with Gasteiger partial charge in [-0.15, -0.1) is 0 Å². The molecule has 6 heteroatoms. The van der Waals surface area contributed by atoms with Crippen LogP contribution in [0.15, 0.2) is 0 Å². The fraction of sp³-hybridized carbons (Fsp3) is 0.833. The molecule has 2 nitrogen and oxygen atoms in total. The third-order valence-electron chi connectivity index (χ3n) is 1.30. The molecule has 0 rings (SSSR count). The van der Waals surface area contributed by atoms with Crippen molar-refractivity contribution in [2.24, 2.45) is 0 Å². The van der Waals surface area contributed by atoms with Gasteiger partial charge in [-0.3, -0.25) is 4.79 Å². The monoisotopic (exact) mass is 203 g/mol. The van der Waals surface area contributed by atoms with E-state index in [0.29, 0.717) is 4.90 Å². The molecular weight excluding hydrogens is 195 g/mol. The molecule has 0 radical (unpaired) electrons. The van der Waals surface area contributed by atoms with Crippen LogP contribution in [0.25, 0.3) is 0 Å². The molecule has 0 saturated carbocycles. The van der Waals surface area contributed by atoms with Crippen LogP contribution in [0.2, 0.25) is 0 Å². The number of halogens is 4. The van der Waals surface area contributed by atoms with Gasteiger partial charge in [0.25, 0.3) is 0 Å². The average Bonchev–Trinajstić information content (AvgIpc) is 1.85. The molecular formula is C6H9ClF3NO. The van der Waals surface area contributed by atoms with Crippen LogP contribution in [0, 0.1) is 0 Å². The van der Waals surface area contributed by atoms with Crippen molar-refractivity contribution < 1.29 is 18.0 Å². The molecule has 0 spiro atoms. The Morgan fingerprint density at radius 2 is 2.08 bits per heavy atom. The van der Waals surface area contributed by atoms with Crippen molar-refractivity contribution in [3.05, 3.63) is 0 Å². The summed E-state index contributed by atoms with van der Waals surface area (Å²) in [7, 11) is 1.15. The van der Waals surface area contributed by atoms with Crippen molar-refractivity contribution in [1.82, 2.24) is 4.90 Å². The van der Waals surface area contributed by atoms with Gasteiger partial charge in [-0.05, 0) is 0 Å². The van der Waals surface area contributed by atoms with Crippen LogP contribution in [-0.4, -0.2) is 36.0 Å². The van der Waals surface area contributed by atoms with Crippen molar-refractivity contribution in [1.29, 1.82) is 0 Å². The van der Waals surface area contributed by atoms with Crippen molar-refractivity contribution in [2.75, 3.05) is 13.6 Å². The first-order valence-corrected chi connectivity index (χ1v) is 3.58. The third-order valence-corrected chi connectivity index (χ3v) is 1.62. The first-order chi connectivity index (χ1) is 5.27. The maximum Gasteiger partial charge on any atom is 0.309 e. The summed E-state index contributed by atoms with van der Waals surface area (Å²) < 4.78 is 36.9. The number of hydrogen-bond donors (Lipinski definition) is 0. The Kier molecular flexibility index (Phi) is 3.83. The van der Waals surface area contributed by atoms with Crippen LogP contribution >= 0.6 is 11.6 Å². The number of carbonyl (C=O) groups is 1. The standard InChI is InChI=1S/C6H9ClF3NO/c1-4(12)11(2)3-6(9,10)5(7)8/h5H,3H2,1-2H3. The number of nitrogens with zero attached hydrogens (tertiary/aromatic N) is 1. The smallest absolute Gasteiger partial charge is 0.309 e. The van der Waals surface area contributed by atoms with Crippen molar-refractivity contribution >= 4 is 17.5 Å². The van der Waals surface area contributed by atoms with Crippen LogP contribution in [-0.2, 0) is 4.79 Å². The SMILES string of the molecule is CC(=O)N(C)CC(F)(F)C(F)Cl. The Labute approximate surface area is 73.3 Å². The minimum Gasteiger partial charge on any atom is -0.340 e. The van der Waals surface area contributed by atoms with Gasteiger partial charge >= 0.3 is 5.92 Å². The zero-order valence-corrected chi connectivity index (χ0v) is 7.41. The van der Waals surface area contributed by atoms with Gasteiger partial charge < -0.3 is 4.90 Å². The van der Waals surface area contributed by atoms with E-state index >= 15 is 0 Å². The number of alkyl halides is 4. The lowest BCUT2D eigenvalue weighted by atomic mass is 10.3. The molecule has 0 bridgehead atoms. The van der Waals surface area contributed by atoms with E-state index < -0.39 is 24.0 Å². The summed E-state index contributed by atoms with van der Waals surface area (Å²) >= 11 is 4.56. The predicted octanol–water partition coefficient (Wildman–Crippen LogP) is 1.63. The largest absolute Gasteiger partial charge is 0.340 e. The number of hydrogen-bond acceptors (Lipinski definition) is 1. The topological polar surface area (TPSA) is 20.3 Å². The first kappa shape index (κ1) is 11.5. The Balaban J connectivity index is 4.15. The van der Waals surface area contributed by atoms with Crippen molar-refractivity contribution in [3.8, 4) is 0 Å². The lowest BCUT2D eigenvalue weighted by molar-refractivity contribution is -0.134. The first-order valence-electron chi connectivity index (χ1n) is 3.15. The van der Waals surface area contributed by atoms with Crippen LogP contribution in [0.3, 0.4) is 0 Å². The fourth-order valence-electron chi connectivity index (χ4n) is 0.497. The average molecular weight is 204 g/mol. The number of rotatable bonds is 3. The lowest BCUT2D eigenvalue weighted by Crippen LogP contribution is -2.41. The molecule has 0 aromatic rings. The number of amides is 1. The molecule has 1 unspecified atom stereocenters. The number of carbonyl (C=O) groups excluding carboxylic acids is 1. The highest BCUT2D eigenvalue weighted by atomic mass is 35.5. The Morgan fingerprint density at radius 3 is 2.33 bits per heavy atom. The molecule has 12 heavy (non-hydrogen) atoms. The van der Waals surface area contributed by atoms with E-state index in [0.717, 1.165) is 14.0 Å². The Morgan fingerprint density at radius 1 is 1.67 bits per heavy atom. The second-order valence-corrected chi connectivity index (χ2v) is 2.82.